The van der Waals surface area contributed by atoms with Gasteiger partial charge in [-0.15, -0.1) is 10.2 Å². The number of allylic oxidation sites excluding steroid dienone is 2. The number of azo groups is 1. The molecule has 148 valence electrons. The lowest BCUT2D eigenvalue weighted by Crippen LogP contribution is -2.26. The number of aromatic nitrogens is 1. The van der Waals surface area contributed by atoms with Crippen LogP contribution in [0.2, 0.25) is 0 Å². The van der Waals surface area contributed by atoms with E-state index in [4.69, 9.17) is 0 Å². The number of amides is 1. The molecule has 9 heteroatoms. The molecule has 2 aliphatic heterocycles. The zero-order valence-corrected chi connectivity index (χ0v) is 17.1. The summed E-state index contributed by atoms with van der Waals surface area (Å²) in [5.74, 6) is -1.24. The smallest absolute Gasteiger partial charge is 0.331 e. The predicted molar refractivity (Wildman–Crippen MR) is 111 cm³/mol. The van der Waals surface area contributed by atoms with Crippen molar-refractivity contribution < 1.29 is 19.4 Å². The van der Waals surface area contributed by atoms with Gasteiger partial charge in [-0.1, -0.05) is 24.3 Å². The Morgan fingerprint density at radius 2 is 2.10 bits per heavy atom. The van der Waals surface area contributed by atoms with Crippen LogP contribution in [0.5, 0.6) is 5.88 Å². The zero-order valence-electron chi connectivity index (χ0n) is 16.3. The van der Waals surface area contributed by atoms with Crippen molar-refractivity contribution in [2.75, 3.05) is 7.11 Å². The van der Waals surface area contributed by atoms with E-state index in [1.165, 1.54) is 7.11 Å². The van der Waals surface area contributed by atoms with Gasteiger partial charge >= 0.3 is 5.97 Å². The quantitative estimate of drug-likeness (QED) is 0.452. The van der Waals surface area contributed by atoms with E-state index >= 15 is 0 Å². The van der Waals surface area contributed by atoms with E-state index < -0.39 is 17.4 Å². The van der Waals surface area contributed by atoms with Crippen molar-refractivity contribution in [1.82, 2.24) is 4.57 Å². The molecule has 29 heavy (non-hydrogen) atoms. The summed E-state index contributed by atoms with van der Waals surface area (Å²) in [7, 11) is 1.22. The number of nitrogens with zero attached hydrogens (tertiary/aromatic N) is 4. The normalized spacial score (nSPS) is 19.2. The summed E-state index contributed by atoms with van der Waals surface area (Å²) in [6.45, 7) is 6.05. The molecule has 1 N–H and O–H groups in total. The Balaban J connectivity index is 1.76. The molecule has 1 aromatic carbocycles. The zero-order chi connectivity index (χ0) is 20.9. The van der Waals surface area contributed by atoms with Crippen LogP contribution in [0.25, 0.3) is 16.5 Å². The molecule has 0 saturated heterocycles. The lowest BCUT2D eigenvalue weighted by atomic mass is 9.92. The number of hydrogen-bond acceptors (Lipinski definition) is 7. The fraction of sp³-hybridized carbons (Fsp3) is 0.250. The molecule has 1 amide bonds. The van der Waals surface area contributed by atoms with Crippen LogP contribution in [0.1, 0.15) is 26.3 Å². The molecule has 1 aromatic heterocycles. The second-order valence-electron chi connectivity index (χ2n) is 7.22. The Kier molecular flexibility index (Phi) is 4.42. The second-order valence-corrected chi connectivity index (χ2v) is 8.23. The van der Waals surface area contributed by atoms with E-state index in [0.29, 0.717) is 5.69 Å². The highest BCUT2D eigenvalue weighted by molar-refractivity contribution is 8.18. The number of aliphatic imine (C=N–C) groups is 1. The van der Waals surface area contributed by atoms with Crippen LogP contribution in [0, 0.1) is 0 Å². The summed E-state index contributed by atoms with van der Waals surface area (Å²) in [6.07, 6.45) is 3.16. The van der Waals surface area contributed by atoms with Crippen LogP contribution in [-0.2, 0) is 19.9 Å². The minimum Gasteiger partial charge on any atom is -0.493 e. The van der Waals surface area contributed by atoms with Crippen LogP contribution in [-0.4, -0.2) is 33.8 Å². The van der Waals surface area contributed by atoms with Crippen LogP contribution in [0.4, 0.5) is 5.69 Å². The molecule has 8 nitrogen and oxygen atoms in total. The van der Waals surface area contributed by atoms with E-state index in [2.05, 4.69) is 26.0 Å². The first-order valence-electron chi connectivity index (χ1n) is 8.82. The molecule has 0 aliphatic carbocycles. The van der Waals surface area contributed by atoms with E-state index in [1.54, 1.807) is 0 Å². The highest BCUT2D eigenvalue weighted by atomic mass is 32.2. The third kappa shape index (κ3) is 3.07. The fourth-order valence-electron chi connectivity index (χ4n) is 3.66. The molecule has 2 aromatic rings. The van der Waals surface area contributed by atoms with Gasteiger partial charge in [0.15, 0.2) is 5.69 Å². The molecule has 0 unspecified atom stereocenters. The number of methoxy groups -OCH3 is 1. The average molecular weight is 410 g/mol. The van der Waals surface area contributed by atoms with Crippen LogP contribution in [0.3, 0.4) is 0 Å². The molecular weight excluding hydrogens is 392 g/mol. The summed E-state index contributed by atoms with van der Waals surface area (Å²) in [4.78, 5) is 27.1. The van der Waals surface area contributed by atoms with Gasteiger partial charge < -0.3 is 14.4 Å². The monoisotopic (exact) mass is 410 g/mol. The van der Waals surface area contributed by atoms with Gasteiger partial charge in [0.25, 0.3) is 5.91 Å². The number of carbonyl (C=O) groups excluding carboxylic acids is 2. The van der Waals surface area contributed by atoms with Gasteiger partial charge in [-0.3, -0.25) is 4.79 Å². The van der Waals surface area contributed by atoms with Gasteiger partial charge in [0, 0.05) is 17.0 Å². The topological polar surface area (TPSA) is 106 Å². The third-order valence-corrected chi connectivity index (χ3v) is 5.67. The number of rotatable bonds is 2. The average Bonchev–Trinajstić information content (AvgIpc) is 3.15. The largest absolute Gasteiger partial charge is 0.493 e. The van der Waals surface area contributed by atoms with Crippen molar-refractivity contribution >= 4 is 51.0 Å². The van der Waals surface area contributed by atoms with Gasteiger partial charge in [0.1, 0.15) is 0 Å². The van der Waals surface area contributed by atoms with Crippen molar-refractivity contribution in [3.63, 3.8) is 0 Å². The van der Waals surface area contributed by atoms with Gasteiger partial charge in [-0.05, 0) is 38.1 Å². The first kappa shape index (κ1) is 19.1. The van der Waals surface area contributed by atoms with Crippen LogP contribution >= 0.6 is 11.8 Å². The molecule has 4 rings (SSSR count). The summed E-state index contributed by atoms with van der Waals surface area (Å²) in [5, 5.41) is 20.0. The van der Waals surface area contributed by atoms with Crippen molar-refractivity contribution in [2.45, 2.75) is 26.3 Å². The molecule has 0 spiro atoms. The number of thioether (sulfide) groups is 1. The fourth-order valence-corrected chi connectivity index (χ4v) is 4.35. The number of aromatic hydroxyl groups is 1. The Hall–Kier alpha value is -3.20. The molecule has 0 atom stereocenters. The second kappa shape index (κ2) is 6.70. The van der Waals surface area contributed by atoms with E-state index in [-0.39, 0.29) is 16.0 Å². The molecule has 0 radical (unpaired) electrons. The maximum Gasteiger partial charge on any atom is 0.331 e. The summed E-state index contributed by atoms with van der Waals surface area (Å²) in [5.41, 5.74) is 2.88. The predicted octanol–water partition coefficient (Wildman–Crippen LogP) is 4.27. The van der Waals surface area contributed by atoms with Gasteiger partial charge in [0.2, 0.25) is 11.0 Å². The number of para-hydroxylation sites is 1. The highest BCUT2D eigenvalue weighted by Crippen LogP contribution is 2.48. The lowest BCUT2D eigenvalue weighted by molar-refractivity contribution is -0.135. The van der Waals surface area contributed by atoms with Crippen LogP contribution in [0.15, 0.2) is 50.5 Å². The Labute approximate surface area is 170 Å². The molecule has 0 fully saturated rings. The minimum absolute atomic E-state index is 0.00907. The van der Waals surface area contributed by atoms with Gasteiger partial charge in [0.05, 0.1) is 23.1 Å². The Bertz CT molecular complexity index is 1200. The van der Waals surface area contributed by atoms with E-state index in [0.717, 1.165) is 39.9 Å². The molecule has 3 heterocycles. The van der Waals surface area contributed by atoms with Crippen molar-refractivity contribution in [2.24, 2.45) is 15.2 Å². The van der Waals surface area contributed by atoms with Gasteiger partial charge in [-0.25, -0.2) is 4.79 Å². The highest BCUT2D eigenvalue weighted by Gasteiger charge is 2.32. The molecule has 0 bridgehead atoms. The number of carbonyl (C=O) groups is 2. The van der Waals surface area contributed by atoms with Gasteiger partial charge in [-0.2, -0.15) is 4.99 Å². The molecule has 2 aliphatic rings. The first-order chi connectivity index (χ1) is 13.7. The van der Waals surface area contributed by atoms with Crippen molar-refractivity contribution in [3.05, 3.63) is 40.8 Å². The number of hydrogen-bond donors (Lipinski definition) is 1. The number of esters is 1. The maximum absolute atomic E-state index is 11.9. The Morgan fingerprint density at radius 3 is 2.83 bits per heavy atom. The van der Waals surface area contributed by atoms with E-state index in [9.17, 15) is 14.7 Å². The number of ether oxygens (including phenoxy) is 1. The van der Waals surface area contributed by atoms with Crippen molar-refractivity contribution in [3.8, 4) is 5.88 Å². The number of amidine groups is 1. The Morgan fingerprint density at radius 1 is 1.34 bits per heavy atom. The van der Waals surface area contributed by atoms with Crippen molar-refractivity contribution in [1.29, 1.82) is 0 Å². The van der Waals surface area contributed by atoms with E-state index in [1.807, 2.05) is 43.5 Å². The summed E-state index contributed by atoms with van der Waals surface area (Å²) in [6, 6.07) is 5.77. The summed E-state index contributed by atoms with van der Waals surface area (Å²) < 4.78 is 6.35. The molecule has 0 saturated carbocycles. The first-order valence-corrected chi connectivity index (χ1v) is 9.63. The third-order valence-electron chi connectivity index (χ3n) is 4.80. The lowest BCUT2D eigenvalue weighted by Gasteiger charge is -2.30. The molecular formula is C20H18N4O4S. The minimum atomic E-state index is -0.647. The SMILES string of the molecule is COC(=O)/C=C1\SC(N=Nc2c(O)n3c4c(cccc24)C(C)=CC3(C)C)=NC1=O. The summed E-state index contributed by atoms with van der Waals surface area (Å²) >= 11 is 0.923. The van der Waals surface area contributed by atoms with Crippen LogP contribution < -0.4 is 0 Å². The standard InChI is InChI=1S/C20H18N4O4S/c1-10-9-20(2,3)24-16-11(10)6-5-7-12(16)15(18(24)27)22-23-19-21-17(26)13(29-19)8-14(25)28-4/h5-9,27H,1-4H3/b13-8-,23-22?. The number of benzene rings is 1. The maximum atomic E-state index is 11.9.